The largest absolute Gasteiger partial charge is 0.508 e. The second kappa shape index (κ2) is 8.46. The van der Waals surface area contributed by atoms with Crippen molar-refractivity contribution >= 4 is 34.2 Å². The van der Waals surface area contributed by atoms with Gasteiger partial charge in [0, 0.05) is 34.8 Å². The van der Waals surface area contributed by atoms with Gasteiger partial charge < -0.3 is 14.8 Å². The van der Waals surface area contributed by atoms with E-state index in [4.69, 9.17) is 16.0 Å². The maximum atomic E-state index is 12.3. The summed E-state index contributed by atoms with van der Waals surface area (Å²) >= 11 is 5.84. The number of aromatic hydroxyl groups is 1. The molecule has 1 aromatic heterocycles. The number of rotatable bonds is 6. The zero-order valence-electron chi connectivity index (χ0n) is 15.7. The standard InChI is InChI=1S/C21H21ClN2O4/c1-3-13-8-17-14(9-21(27)28-19(17)10-18(13)25)11-24(2)12-20(26)23-16-6-4-15(22)5-7-16/h4-10,25H,3,11-12H2,1-2H3,(H,23,26). The summed E-state index contributed by atoms with van der Waals surface area (Å²) in [4.78, 5) is 26.0. The number of benzene rings is 2. The van der Waals surface area contributed by atoms with Crippen LogP contribution in [0.25, 0.3) is 11.0 Å². The van der Waals surface area contributed by atoms with Crippen molar-refractivity contribution in [3.63, 3.8) is 0 Å². The lowest BCUT2D eigenvalue weighted by atomic mass is 10.0. The lowest BCUT2D eigenvalue weighted by Gasteiger charge is -2.17. The summed E-state index contributed by atoms with van der Waals surface area (Å²) < 4.78 is 5.21. The molecule has 0 radical (unpaired) electrons. The number of aryl methyl sites for hydroxylation is 1. The molecule has 7 heteroatoms. The van der Waals surface area contributed by atoms with E-state index >= 15 is 0 Å². The van der Waals surface area contributed by atoms with Crippen LogP contribution in [0.4, 0.5) is 5.69 Å². The zero-order valence-corrected chi connectivity index (χ0v) is 16.4. The third-order valence-electron chi connectivity index (χ3n) is 4.39. The lowest BCUT2D eigenvalue weighted by Crippen LogP contribution is -2.30. The number of likely N-dealkylation sites (N-methyl/N-ethyl adjacent to an activating group) is 1. The summed E-state index contributed by atoms with van der Waals surface area (Å²) in [5, 5.41) is 14.2. The highest BCUT2D eigenvalue weighted by atomic mass is 35.5. The normalized spacial score (nSPS) is 11.1. The molecule has 0 saturated heterocycles. The smallest absolute Gasteiger partial charge is 0.336 e. The molecule has 0 saturated carbocycles. The van der Waals surface area contributed by atoms with Crippen LogP contribution >= 0.6 is 11.6 Å². The predicted octanol–water partition coefficient (Wildman–Crippen LogP) is 3.78. The summed E-state index contributed by atoms with van der Waals surface area (Å²) in [6.07, 6.45) is 0.652. The first-order chi connectivity index (χ1) is 13.4. The summed E-state index contributed by atoms with van der Waals surface area (Å²) in [6.45, 7) is 2.46. The van der Waals surface area contributed by atoms with Crippen molar-refractivity contribution in [3.8, 4) is 5.75 Å². The van der Waals surface area contributed by atoms with Gasteiger partial charge in [0.05, 0.1) is 6.54 Å². The third kappa shape index (κ3) is 4.71. The average Bonchev–Trinajstić information content (AvgIpc) is 2.62. The second-order valence-corrected chi connectivity index (χ2v) is 7.09. The van der Waals surface area contributed by atoms with Crippen LogP contribution in [0.2, 0.25) is 5.02 Å². The number of fused-ring (bicyclic) bond motifs is 1. The van der Waals surface area contributed by atoms with E-state index in [2.05, 4.69) is 5.32 Å². The maximum Gasteiger partial charge on any atom is 0.336 e. The quantitative estimate of drug-likeness (QED) is 0.615. The molecule has 0 bridgehead atoms. The number of amides is 1. The molecule has 0 aliphatic carbocycles. The van der Waals surface area contributed by atoms with Crippen molar-refractivity contribution in [1.82, 2.24) is 4.90 Å². The van der Waals surface area contributed by atoms with E-state index in [1.807, 2.05) is 13.0 Å². The molecule has 1 heterocycles. The van der Waals surface area contributed by atoms with Crippen LogP contribution in [0.5, 0.6) is 5.75 Å². The molecule has 6 nitrogen and oxygen atoms in total. The zero-order chi connectivity index (χ0) is 20.3. The Morgan fingerprint density at radius 2 is 1.89 bits per heavy atom. The molecule has 0 unspecified atom stereocenters. The Morgan fingerprint density at radius 1 is 1.18 bits per heavy atom. The van der Waals surface area contributed by atoms with Crippen LogP contribution in [0, 0.1) is 0 Å². The highest BCUT2D eigenvalue weighted by Gasteiger charge is 2.13. The van der Waals surface area contributed by atoms with Gasteiger partial charge in [-0.15, -0.1) is 0 Å². The van der Waals surface area contributed by atoms with Crippen molar-refractivity contribution in [3.05, 3.63) is 69.0 Å². The van der Waals surface area contributed by atoms with E-state index in [0.29, 0.717) is 29.3 Å². The molecule has 1 amide bonds. The van der Waals surface area contributed by atoms with Gasteiger partial charge in [-0.3, -0.25) is 9.69 Å². The minimum absolute atomic E-state index is 0.103. The third-order valence-corrected chi connectivity index (χ3v) is 4.64. The fourth-order valence-electron chi connectivity index (χ4n) is 3.05. The van der Waals surface area contributed by atoms with E-state index < -0.39 is 5.63 Å². The van der Waals surface area contributed by atoms with Gasteiger partial charge in [0.2, 0.25) is 5.91 Å². The number of nitrogens with one attached hydrogen (secondary N) is 1. The molecule has 0 fully saturated rings. The monoisotopic (exact) mass is 400 g/mol. The Hall–Kier alpha value is -2.83. The molecule has 2 aromatic carbocycles. The minimum atomic E-state index is -0.495. The van der Waals surface area contributed by atoms with E-state index in [9.17, 15) is 14.7 Å². The van der Waals surface area contributed by atoms with Crippen molar-refractivity contribution in [2.45, 2.75) is 19.9 Å². The number of anilines is 1. The number of phenolic OH excluding ortho intramolecular Hbond substituents is 1. The predicted molar refractivity (Wildman–Crippen MR) is 110 cm³/mol. The first kappa shape index (κ1) is 19.9. The Kier molecular flexibility index (Phi) is 6.02. The van der Waals surface area contributed by atoms with Crippen LogP contribution in [0.3, 0.4) is 0 Å². The Balaban J connectivity index is 1.76. The highest BCUT2D eigenvalue weighted by Crippen LogP contribution is 2.27. The van der Waals surface area contributed by atoms with Crippen LogP contribution in [0.15, 0.2) is 51.7 Å². The molecule has 3 aromatic rings. The molecular formula is C21H21ClN2O4. The van der Waals surface area contributed by atoms with Crippen LogP contribution in [-0.4, -0.2) is 29.5 Å². The number of nitrogens with zero attached hydrogens (tertiary/aromatic N) is 1. The molecule has 3 rings (SSSR count). The highest BCUT2D eigenvalue weighted by molar-refractivity contribution is 6.30. The van der Waals surface area contributed by atoms with Crippen molar-refractivity contribution in [1.29, 1.82) is 0 Å². The average molecular weight is 401 g/mol. The van der Waals surface area contributed by atoms with Gasteiger partial charge in [-0.2, -0.15) is 0 Å². The lowest BCUT2D eigenvalue weighted by molar-refractivity contribution is -0.117. The van der Waals surface area contributed by atoms with Gasteiger partial charge in [-0.1, -0.05) is 18.5 Å². The second-order valence-electron chi connectivity index (χ2n) is 6.65. The molecule has 0 aliphatic heterocycles. The van der Waals surface area contributed by atoms with Gasteiger partial charge in [0.25, 0.3) is 0 Å². The molecule has 0 atom stereocenters. The van der Waals surface area contributed by atoms with Gasteiger partial charge in [-0.25, -0.2) is 4.79 Å². The Labute approximate surface area is 167 Å². The number of hydrogen-bond acceptors (Lipinski definition) is 5. The van der Waals surface area contributed by atoms with E-state index in [1.54, 1.807) is 36.2 Å². The van der Waals surface area contributed by atoms with Gasteiger partial charge in [0.1, 0.15) is 11.3 Å². The summed E-state index contributed by atoms with van der Waals surface area (Å²) in [6, 6.07) is 11.6. The van der Waals surface area contributed by atoms with Crippen LogP contribution < -0.4 is 10.9 Å². The van der Waals surface area contributed by atoms with Crippen molar-refractivity contribution in [2.75, 3.05) is 18.9 Å². The fourth-order valence-corrected chi connectivity index (χ4v) is 3.17. The fraction of sp³-hybridized carbons (Fsp3) is 0.238. The minimum Gasteiger partial charge on any atom is -0.508 e. The Morgan fingerprint density at radius 3 is 2.57 bits per heavy atom. The van der Waals surface area contributed by atoms with Gasteiger partial charge in [0.15, 0.2) is 0 Å². The number of hydrogen-bond donors (Lipinski definition) is 2. The molecule has 0 spiro atoms. The van der Waals surface area contributed by atoms with E-state index in [1.165, 1.54) is 12.1 Å². The van der Waals surface area contributed by atoms with Crippen LogP contribution in [-0.2, 0) is 17.8 Å². The first-order valence-corrected chi connectivity index (χ1v) is 9.26. The van der Waals surface area contributed by atoms with Crippen molar-refractivity contribution < 1.29 is 14.3 Å². The topological polar surface area (TPSA) is 82.8 Å². The summed E-state index contributed by atoms with van der Waals surface area (Å²) in [7, 11) is 1.79. The SMILES string of the molecule is CCc1cc2c(CN(C)CC(=O)Nc3ccc(Cl)cc3)cc(=O)oc2cc1O. The first-order valence-electron chi connectivity index (χ1n) is 8.88. The van der Waals surface area contributed by atoms with E-state index in [-0.39, 0.29) is 18.2 Å². The summed E-state index contributed by atoms with van der Waals surface area (Å²) in [5.41, 5.74) is 2.01. The van der Waals surface area contributed by atoms with Gasteiger partial charge in [-0.05, 0) is 54.9 Å². The van der Waals surface area contributed by atoms with E-state index in [0.717, 1.165) is 16.5 Å². The Bertz CT molecular complexity index is 1060. The number of carbonyl (C=O) groups is 1. The number of carbonyl (C=O) groups excluding carboxylic acids is 1. The summed E-state index contributed by atoms with van der Waals surface area (Å²) in [5.74, 6) is -0.0741. The molecular weight excluding hydrogens is 380 g/mol. The molecule has 2 N–H and O–H groups in total. The maximum absolute atomic E-state index is 12.3. The molecule has 0 aliphatic rings. The molecule has 146 valence electrons. The number of halogens is 1. The molecule has 28 heavy (non-hydrogen) atoms. The van der Waals surface area contributed by atoms with Crippen LogP contribution in [0.1, 0.15) is 18.1 Å². The number of phenols is 1. The van der Waals surface area contributed by atoms with Gasteiger partial charge >= 0.3 is 5.63 Å². The van der Waals surface area contributed by atoms with Crippen molar-refractivity contribution in [2.24, 2.45) is 0 Å².